The molecule has 2 amide bonds. The van der Waals surface area contributed by atoms with Crippen molar-refractivity contribution in [2.24, 2.45) is 5.73 Å². The van der Waals surface area contributed by atoms with Crippen LogP contribution in [0.15, 0.2) is 53.5 Å². The van der Waals surface area contributed by atoms with Gasteiger partial charge in [-0.25, -0.2) is 0 Å². The number of carbonyl (C=O) groups excluding carboxylic acids is 2. The Balaban J connectivity index is 1.76. The molecule has 2 atom stereocenters. The number of hydrogen-bond donors (Lipinski definition) is 2. The summed E-state index contributed by atoms with van der Waals surface area (Å²) in [6.07, 6.45) is 4.37. The van der Waals surface area contributed by atoms with Crippen molar-refractivity contribution in [2.45, 2.75) is 38.4 Å². The molecule has 2 heterocycles. The molecule has 147 valence electrons. The molecule has 1 fully saturated rings. The van der Waals surface area contributed by atoms with Gasteiger partial charge in [-0.3, -0.25) is 23.9 Å². The molecule has 3 rings (SSSR count). The summed E-state index contributed by atoms with van der Waals surface area (Å²) in [7, 11) is 0. The average molecular weight is 381 g/mol. The van der Waals surface area contributed by atoms with E-state index in [0.717, 1.165) is 13.0 Å². The van der Waals surface area contributed by atoms with E-state index in [9.17, 15) is 14.4 Å². The van der Waals surface area contributed by atoms with E-state index < -0.39 is 18.0 Å². The third kappa shape index (κ3) is 4.14. The molecule has 0 aliphatic carbocycles. The van der Waals surface area contributed by atoms with Gasteiger partial charge in [0, 0.05) is 29.6 Å². The van der Waals surface area contributed by atoms with Crippen molar-refractivity contribution in [3.63, 3.8) is 0 Å². The predicted octanol–water partition coefficient (Wildman–Crippen LogP) is 1.11. The summed E-state index contributed by atoms with van der Waals surface area (Å²) in [4.78, 5) is 38.6. The Morgan fingerprint density at radius 3 is 2.46 bits per heavy atom. The number of carbonyl (C=O) groups is 2. The minimum atomic E-state index is -0.570. The topological polar surface area (TPSA) is 97.4 Å². The monoisotopic (exact) mass is 381 g/mol. The van der Waals surface area contributed by atoms with Gasteiger partial charge in [0.25, 0.3) is 11.5 Å². The van der Waals surface area contributed by atoms with E-state index in [1.165, 1.54) is 10.6 Å². The third-order valence-corrected chi connectivity index (χ3v) is 4.99. The Morgan fingerprint density at radius 2 is 1.86 bits per heavy atom. The Labute approximate surface area is 164 Å². The zero-order valence-corrected chi connectivity index (χ0v) is 16.0. The van der Waals surface area contributed by atoms with Crippen LogP contribution < -0.4 is 16.6 Å². The number of piperidine rings is 1. The zero-order chi connectivity index (χ0) is 20.3. The molecule has 7 nitrogen and oxygen atoms in total. The maximum atomic E-state index is 12.7. The molecule has 3 N–H and O–H groups in total. The molecule has 1 aliphatic rings. The zero-order valence-electron chi connectivity index (χ0n) is 16.0. The quantitative estimate of drug-likeness (QED) is 0.811. The number of nitrogens with zero attached hydrogens (tertiary/aromatic N) is 2. The Bertz CT molecular complexity index is 904. The van der Waals surface area contributed by atoms with Crippen molar-refractivity contribution in [3.8, 4) is 5.69 Å². The van der Waals surface area contributed by atoms with Crippen LogP contribution in [0.25, 0.3) is 5.69 Å². The fraction of sp³-hybridized carbons (Fsp3) is 0.333. The Hall–Kier alpha value is -2.93. The molecule has 1 saturated heterocycles. The van der Waals surface area contributed by atoms with Crippen molar-refractivity contribution in [1.29, 1.82) is 0 Å². The van der Waals surface area contributed by atoms with E-state index in [1.807, 2.05) is 25.2 Å². The summed E-state index contributed by atoms with van der Waals surface area (Å²) in [5, 5.41) is 2.92. The highest BCUT2D eigenvalue weighted by Gasteiger charge is 2.37. The molecule has 0 spiro atoms. The standard InChI is InChI=1S/C21H25N4O3/c1-14(2)24-13-5-6-17(19(24)20(22)27)23-21(28)15-8-10-16(11-9-15)25-12-4-3-7-18(25)26/h3-4,6-12,14,17,19H,5,13H2,1-2H3,(H2,22,27)(H,23,28). The molecular formula is C21H25N4O3. The van der Waals surface area contributed by atoms with Gasteiger partial charge < -0.3 is 11.1 Å². The largest absolute Gasteiger partial charge is 0.368 e. The molecule has 1 aliphatic heterocycles. The second-order valence-electron chi connectivity index (χ2n) is 7.16. The number of amides is 2. The number of hydrogen-bond acceptors (Lipinski definition) is 4. The highest BCUT2D eigenvalue weighted by molar-refractivity contribution is 5.95. The first-order valence-corrected chi connectivity index (χ1v) is 9.36. The number of pyridine rings is 1. The maximum absolute atomic E-state index is 12.7. The second kappa shape index (κ2) is 8.39. The lowest BCUT2D eigenvalue weighted by atomic mass is 9.93. The molecule has 2 aromatic rings. The molecule has 7 heteroatoms. The molecule has 0 bridgehead atoms. The van der Waals surface area contributed by atoms with Gasteiger partial charge in [0.15, 0.2) is 0 Å². The van der Waals surface area contributed by atoms with Crippen LogP contribution in [0.5, 0.6) is 0 Å². The number of aromatic nitrogens is 1. The van der Waals surface area contributed by atoms with Gasteiger partial charge in [-0.1, -0.05) is 6.07 Å². The molecule has 1 aromatic carbocycles. The minimum absolute atomic E-state index is 0.144. The van der Waals surface area contributed by atoms with Gasteiger partial charge in [-0.15, -0.1) is 0 Å². The van der Waals surface area contributed by atoms with E-state index in [0.29, 0.717) is 11.3 Å². The van der Waals surface area contributed by atoms with Crippen LogP contribution in [0.4, 0.5) is 0 Å². The van der Waals surface area contributed by atoms with Crippen LogP contribution >= 0.6 is 0 Å². The van der Waals surface area contributed by atoms with Crippen LogP contribution in [0.3, 0.4) is 0 Å². The first-order valence-electron chi connectivity index (χ1n) is 9.36. The number of nitrogens with one attached hydrogen (secondary N) is 1. The Morgan fingerprint density at radius 1 is 1.14 bits per heavy atom. The minimum Gasteiger partial charge on any atom is -0.368 e. The molecule has 28 heavy (non-hydrogen) atoms. The van der Waals surface area contributed by atoms with Crippen LogP contribution in [0, 0.1) is 6.42 Å². The fourth-order valence-electron chi connectivity index (χ4n) is 3.58. The summed E-state index contributed by atoms with van der Waals surface area (Å²) in [6.45, 7) is 4.74. The molecular weight excluding hydrogens is 356 g/mol. The molecule has 1 aromatic heterocycles. The first kappa shape index (κ1) is 19.8. The maximum Gasteiger partial charge on any atom is 0.255 e. The first-order chi connectivity index (χ1) is 13.4. The lowest BCUT2D eigenvalue weighted by Gasteiger charge is -2.41. The van der Waals surface area contributed by atoms with Crippen molar-refractivity contribution >= 4 is 11.8 Å². The van der Waals surface area contributed by atoms with Crippen molar-refractivity contribution in [3.05, 3.63) is 71.0 Å². The van der Waals surface area contributed by atoms with E-state index in [1.54, 1.807) is 42.6 Å². The smallest absolute Gasteiger partial charge is 0.255 e. The lowest BCUT2D eigenvalue weighted by Crippen LogP contribution is -2.62. The van der Waals surface area contributed by atoms with Gasteiger partial charge in [-0.2, -0.15) is 0 Å². The van der Waals surface area contributed by atoms with E-state index >= 15 is 0 Å². The third-order valence-electron chi connectivity index (χ3n) is 4.99. The van der Waals surface area contributed by atoms with Crippen molar-refractivity contribution in [1.82, 2.24) is 14.8 Å². The molecule has 1 radical (unpaired) electrons. The summed E-state index contributed by atoms with van der Waals surface area (Å²) >= 11 is 0. The number of nitrogens with two attached hydrogens (primary N) is 1. The van der Waals surface area contributed by atoms with Gasteiger partial charge in [0.1, 0.15) is 6.04 Å². The number of benzene rings is 1. The van der Waals surface area contributed by atoms with Crippen LogP contribution in [-0.4, -0.2) is 46.0 Å². The normalized spacial score (nSPS) is 20.1. The van der Waals surface area contributed by atoms with Crippen LogP contribution in [-0.2, 0) is 4.79 Å². The fourth-order valence-corrected chi connectivity index (χ4v) is 3.58. The summed E-state index contributed by atoms with van der Waals surface area (Å²) in [5.74, 6) is -0.737. The lowest BCUT2D eigenvalue weighted by molar-refractivity contribution is -0.125. The van der Waals surface area contributed by atoms with Crippen molar-refractivity contribution < 1.29 is 9.59 Å². The van der Waals surface area contributed by atoms with E-state index in [4.69, 9.17) is 5.73 Å². The number of primary amides is 1. The van der Waals surface area contributed by atoms with E-state index in [-0.39, 0.29) is 17.5 Å². The van der Waals surface area contributed by atoms with Gasteiger partial charge in [0.2, 0.25) is 5.91 Å². The van der Waals surface area contributed by atoms with Gasteiger partial charge in [-0.05, 0) is 63.6 Å². The van der Waals surface area contributed by atoms with Gasteiger partial charge in [0.05, 0.1) is 6.04 Å². The molecule has 0 saturated carbocycles. The number of likely N-dealkylation sites (tertiary alicyclic amines) is 1. The highest BCUT2D eigenvalue weighted by atomic mass is 16.2. The Kier molecular flexibility index (Phi) is 5.94. The van der Waals surface area contributed by atoms with E-state index in [2.05, 4.69) is 5.32 Å². The summed E-state index contributed by atoms with van der Waals surface area (Å²) in [5.41, 5.74) is 6.59. The van der Waals surface area contributed by atoms with Crippen LogP contribution in [0.2, 0.25) is 0 Å². The second-order valence-corrected chi connectivity index (χ2v) is 7.16. The van der Waals surface area contributed by atoms with Crippen molar-refractivity contribution in [2.75, 3.05) is 6.54 Å². The summed E-state index contributed by atoms with van der Waals surface area (Å²) < 4.78 is 1.50. The summed E-state index contributed by atoms with van der Waals surface area (Å²) in [6, 6.07) is 10.8. The predicted molar refractivity (Wildman–Crippen MR) is 107 cm³/mol. The van der Waals surface area contributed by atoms with Crippen LogP contribution in [0.1, 0.15) is 30.6 Å². The molecule has 2 unspecified atom stereocenters. The van der Waals surface area contributed by atoms with Gasteiger partial charge >= 0.3 is 0 Å². The number of rotatable bonds is 5. The SMILES string of the molecule is CC(C)N1CC[CH]C(NC(=O)c2ccc(-n3ccccc3=O)cc2)C1C(N)=O. The average Bonchev–Trinajstić information content (AvgIpc) is 2.68. The highest BCUT2D eigenvalue weighted by Crippen LogP contribution is 2.20.